The molecule has 0 spiro atoms. The molecule has 0 fully saturated rings. The highest BCUT2D eigenvalue weighted by molar-refractivity contribution is 5.79. The molecular formula is C14H21N3O3. The second kappa shape index (κ2) is 6.47. The van der Waals surface area contributed by atoms with Gasteiger partial charge in [0, 0.05) is 18.7 Å². The molecule has 0 aliphatic carbocycles. The van der Waals surface area contributed by atoms with Crippen molar-refractivity contribution in [3.8, 4) is 0 Å². The molecule has 6 nitrogen and oxygen atoms in total. The van der Waals surface area contributed by atoms with E-state index in [4.69, 9.17) is 5.73 Å². The van der Waals surface area contributed by atoms with E-state index in [1.54, 1.807) is 12.1 Å². The van der Waals surface area contributed by atoms with Crippen LogP contribution in [0.25, 0.3) is 0 Å². The molecule has 1 aromatic carbocycles. The van der Waals surface area contributed by atoms with Crippen LogP contribution in [-0.4, -0.2) is 22.9 Å². The molecule has 1 atom stereocenters. The first-order chi connectivity index (χ1) is 9.28. The molecular weight excluding hydrogens is 258 g/mol. The molecule has 0 aromatic heterocycles. The van der Waals surface area contributed by atoms with E-state index in [-0.39, 0.29) is 23.9 Å². The van der Waals surface area contributed by atoms with Crippen molar-refractivity contribution >= 4 is 11.6 Å². The second-order valence-electron chi connectivity index (χ2n) is 5.42. The van der Waals surface area contributed by atoms with Gasteiger partial charge in [0.15, 0.2) is 0 Å². The fourth-order valence-corrected chi connectivity index (χ4v) is 1.71. The van der Waals surface area contributed by atoms with Crippen LogP contribution in [0.3, 0.4) is 0 Å². The fourth-order valence-electron chi connectivity index (χ4n) is 1.71. The minimum Gasteiger partial charge on any atom is -0.349 e. The molecule has 20 heavy (non-hydrogen) atoms. The summed E-state index contributed by atoms with van der Waals surface area (Å²) in [6.07, 6.45) is 0.181. The Morgan fingerprint density at radius 2 is 1.95 bits per heavy atom. The number of benzene rings is 1. The summed E-state index contributed by atoms with van der Waals surface area (Å²) in [6, 6.07) is 5.97. The van der Waals surface area contributed by atoms with Gasteiger partial charge < -0.3 is 11.1 Å². The molecule has 110 valence electrons. The van der Waals surface area contributed by atoms with E-state index in [0.29, 0.717) is 6.54 Å². The molecule has 3 N–H and O–H groups in total. The van der Waals surface area contributed by atoms with Crippen LogP contribution >= 0.6 is 0 Å². The predicted octanol–water partition coefficient (Wildman–Crippen LogP) is 1.63. The number of nitrogens with two attached hydrogens (primary N) is 1. The molecule has 0 saturated heterocycles. The number of hydrogen-bond donors (Lipinski definition) is 2. The quantitative estimate of drug-likeness (QED) is 0.610. The third-order valence-corrected chi connectivity index (χ3v) is 3.64. The number of nitrogens with zero attached hydrogens (tertiary/aromatic N) is 1. The first-order valence-corrected chi connectivity index (χ1v) is 6.53. The zero-order valence-electron chi connectivity index (χ0n) is 12.1. The summed E-state index contributed by atoms with van der Waals surface area (Å²) in [6.45, 7) is 6.26. The van der Waals surface area contributed by atoms with Gasteiger partial charge in [-0.05, 0) is 18.4 Å². The molecule has 0 saturated carbocycles. The average Bonchev–Trinajstić information content (AvgIpc) is 2.38. The Balaban J connectivity index is 2.69. The van der Waals surface area contributed by atoms with Crippen molar-refractivity contribution in [2.24, 2.45) is 11.7 Å². The van der Waals surface area contributed by atoms with Gasteiger partial charge >= 0.3 is 0 Å². The van der Waals surface area contributed by atoms with E-state index in [2.05, 4.69) is 5.32 Å². The smallest absolute Gasteiger partial charge is 0.269 e. The molecule has 0 radical (unpaired) electrons. The van der Waals surface area contributed by atoms with E-state index in [1.807, 2.05) is 20.8 Å². The largest absolute Gasteiger partial charge is 0.349 e. The first-order valence-electron chi connectivity index (χ1n) is 6.53. The van der Waals surface area contributed by atoms with Gasteiger partial charge in [-0.3, -0.25) is 14.9 Å². The topological polar surface area (TPSA) is 98.3 Å². The molecule has 6 heteroatoms. The summed E-state index contributed by atoms with van der Waals surface area (Å²) < 4.78 is 0. The summed E-state index contributed by atoms with van der Waals surface area (Å²) in [5, 5.41) is 13.5. The van der Waals surface area contributed by atoms with Crippen molar-refractivity contribution in [2.75, 3.05) is 6.54 Å². The fraction of sp³-hybridized carbons (Fsp3) is 0.500. The second-order valence-corrected chi connectivity index (χ2v) is 5.42. The van der Waals surface area contributed by atoms with E-state index >= 15 is 0 Å². The summed E-state index contributed by atoms with van der Waals surface area (Å²) in [5.41, 5.74) is 6.02. The lowest BCUT2D eigenvalue weighted by Crippen LogP contribution is -2.55. The van der Waals surface area contributed by atoms with E-state index in [0.717, 1.165) is 5.56 Å². The predicted molar refractivity (Wildman–Crippen MR) is 77.2 cm³/mol. The molecule has 1 rings (SSSR count). The third kappa shape index (κ3) is 4.03. The number of carbonyl (C=O) groups is 1. The summed E-state index contributed by atoms with van der Waals surface area (Å²) in [7, 11) is 0. The highest BCUT2D eigenvalue weighted by Crippen LogP contribution is 2.16. The molecule has 0 bridgehead atoms. The standard InChI is InChI=1S/C14H21N3O3/c1-10(2)14(3,9-15)16-13(18)8-11-4-6-12(7-5-11)17(19)20/h4-7,10H,8-9,15H2,1-3H3,(H,16,18). The molecule has 0 heterocycles. The minimum atomic E-state index is -0.464. The Morgan fingerprint density at radius 1 is 1.40 bits per heavy atom. The maximum absolute atomic E-state index is 12.0. The van der Waals surface area contributed by atoms with Crippen LogP contribution in [0.2, 0.25) is 0 Å². The molecule has 1 aromatic rings. The Kier molecular flexibility index (Phi) is 5.21. The van der Waals surface area contributed by atoms with Crippen molar-refractivity contribution in [2.45, 2.75) is 32.7 Å². The van der Waals surface area contributed by atoms with Crippen LogP contribution in [0.4, 0.5) is 5.69 Å². The lowest BCUT2D eigenvalue weighted by molar-refractivity contribution is -0.384. The number of non-ortho nitro benzene ring substituents is 1. The maximum Gasteiger partial charge on any atom is 0.269 e. The summed E-state index contributed by atoms with van der Waals surface area (Å²) in [5.74, 6) is 0.0776. The number of rotatable bonds is 6. The Labute approximate surface area is 118 Å². The van der Waals surface area contributed by atoms with Crippen LogP contribution in [0.5, 0.6) is 0 Å². The van der Waals surface area contributed by atoms with Gasteiger partial charge in [0.25, 0.3) is 5.69 Å². The summed E-state index contributed by atoms with van der Waals surface area (Å²) >= 11 is 0. The SMILES string of the molecule is CC(C)C(C)(CN)NC(=O)Cc1ccc([N+](=O)[O-])cc1. The van der Waals surface area contributed by atoms with Crippen LogP contribution in [0.1, 0.15) is 26.3 Å². The van der Waals surface area contributed by atoms with E-state index < -0.39 is 10.5 Å². The third-order valence-electron chi connectivity index (χ3n) is 3.64. The van der Waals surface area contributed by atoms with Crippen molar-refractivity contribution in [1.82, 2.24) is 5.32 Å². The molecule has 1 unspecified atom stereocenters. The van der Waals surface area contributed by atoms with Crippen LogP contribution in [0.15, 0.2) is 24.3 Å². The van der Waals surface area contributed by atoms with Gasteiger partial charge in [0.05, 0.1) is 16.9 Å². The number of nitro groups is 1. The van der Waals surface area contributed by atoms with E-state index in [9.17, 15) is 14.9 Å². The average molecular weight is 279 g/mol. The van der Waals surface area contributed by atoms with Crippen molar-refractivity contribution in [3.63, 3.8) is 0 Å². The van der Waals surface area contributed by atoms with Gasteiger partial charge in [-0.15, -0.1) is 0 Å². The maximum atomic E-state index is 12.0. The van der Waals surface area contributed by atoms with Crippen molar-refractivity contribution in [1.29, 1.82) is 0 Å². The highest BCUT2D eigenvalue weighted by atomic mass is 16.6. The van der Waals surface area contributed by atoms with Gasteiger partial charge in [-0.1, -0.05) is 26.0 Å². The van der Waals surface area contributed by atoms with Crippen LogP contribution in [0, 0.1) is 16.0 Å². The Morgan fingerprint density at radius 3 is 2.35 bits per heavy atom. The monoisotopic (exact) mass is 279 g/mol. The Hall–Kier alpha value is -1.95. The van der Waals surface area contributed by atoms with Crippen LogP contribution < -0.4 is 11.1 Å². The van der Waals surface area contributed by atoms with Gasteiger partial charge in [-0.25, -0.2) is 0 Å². The molecule has 1 amide bonds. The van der Waals surface area contributed by atoms with E-state index in [1.165, 1.54) is 12.1 Å². The van der Waals surface area contributed by atoms with Gasteiger partial charge in [-0.2, -0.15) is 0 Å². The lowest BCUT2D eigenvalue weighted by atomic mass is 9.88. The van der Waals surface area contributed by atoms with Gasteiger partial charge in [0.2, 0.25) is 5.91 Å². The number of nitro benzene ring substituents is 1. The zero-order valence-corrected chi connectivity index (χ0v) is 12.1. The first kappa shape index (κ1) is 16.1. The minimum absolute atomic E-state index is 0.0168. The van der Waals surface area contributed by atoms with Crippen molar-refractivity contribution < 1.29 is 9.72 Å². The normalized spacial score (nSPS) is 13.8. The number of carbonyl (C=O) groups excluding carboxylic acids is 1. The molecule has 0 aliphatic heterocycles. The highest BCUT2D eigenvalue weighted by Gasteiger charge is 2.28. The van der Waals surface area contributed by atoms with Crippen LogP contribution in [-0.2, 0) is 11.2 Å². The van der Waals surface area contributed by atoms with Gasteiger partial charge in [0.1, 0.15) is 0 Å². The number of hydrogen-bond acceptors (Lipinski definition) is 4. The summed E-state index contributed by atoms with van der Waals surface area (Å²) in [4.78, 5) is 22.1. The Bertz CT molecular complexity index is 485. The molecule has 0 aliphatic rings. The lowest BCUT2D eigenvalue weighted by Gasteiger charge is -2.33. The number of nitrogens with one attached hydrogen (secondary N) is 1. The van der Waals surface area contributed by atoms with Crippen molar-refractivity contribution in [3.05, 3.63) is 39.9 Å². The zero-order chi connectivity index (χ0) is 15.3. The number of amides is 1.